The normalized spacial score (nSPS) is 21.0. The first-order chi connectivity index (χ1) is 10.8. The van der Waals surface area contributed by atoms with Gasteiger partial charge in [0.1, 0.15) is 12.2 Å². The maximum Gasteiger partial charge on any atom is 0.193 e. The van der Waals surface area contributed by atoms with Gasteiger partial charge in [0.2, 0.25) is 0 Å². The molecule has 1 aromatic heterocycles. The molecule has 6 nitrogen and oxygen atoms in total. The Morgan fingerprint density at radius 2 is 2.18 bits per heavy atom. The maximum absolute atomic E-state index is 4.48. The molecule has 122 valence electrons. The second-order valence-electron chi connectivity index (χ2n) is 6.65. The Labute approximate surface area is 133 Å². The molecule has 1 saturated heterocycles. The van der Waals surface area contributed by atoms with Crippen molar-refractivity contribution in [2.45, 2.75) is 52.0 Å². The molecule has 0 radical (unpaired) electrons. The highest BCUT2D eigenvalue weighted by Crippen LogP contribution is 2.45. The van der Waals surface area contributed by atoms with Crippen molar-refractivity contribution in [2.75, 3.05) is 26.7 Å². The minimum Gasteiger partial charge on any atom is -0.354 e. The van der Waals surface area contributed by atoms with Gasteiger partial charge in [0.15, 0.2) is 5.96 Å². The number of aromatic nitrogens is 3. The zero-order chi connectivity index (χ0) is 15.4. The lowest BCUT2D eigenvalue weighted by atomic mass is 9.86. The number of nitrogens with zero attached hydrogens (tertiary/aromatic N) is 5. The SMILES string of the molecule is CCc1nncn1CCNC(=NC)N1CCC2(CCCC2)C1. The Balaban J connectivity index is 1.50. The second kappa shape index (κ2) is 6.67. The van der Waals surface area contributed by atoms with E-state index in [1.54, 1.807) is 0 Å². The van der Waals surface area contributed by atoms with Gasteiger partial charge in [0.05, 0.1) is 0 Å². The van der Waals surface area contributed by atoms with Gasteiger partial charge in [-0.05, 0) is 24.7 Å². The van der Waals surface area contributed by atoms with Gasteiger partial charge in [-0.25, -0.2) is 0 Å². The molecule has 2 aliphatic rings. The van der Waals surface area contributed by atoms with Crippen LogP contribution >= 0.6 is 0 Å². The summed E-state index contributed by atoms with van der Waals surface area (Å²) in [5.41, 5.74) is 0.585. The van der Waals surface area contributed by atoms with Gasteiger partial charge in [-0.2, -0.15) is 0 Å². The van der Waals surface area contributed by atoms with Crippen LogP contribution in [0, 0.1) is 5.41 Å². The van der Waals surface area contributed by atoms with E-state index in [0.29, 0.717) is 5.41 Å². The number of aryl methyl sites for hydroxylation is 1. The number of hydrogen-bond acceptors (Lipinski definition) is 3. The molecule has 1 aliphatic carbocycles. The summed E-state index contributed by atoms with van der Waals surface area (Å²) in [6.45, 7) is 6.18. The third kappa shape index (κ3) is 3.10. The molecule has 1 aliphatic heterocycles. The first kappa shape index (κ1) is 15.3. The average Bonchev–Trinajstić information content (AvgIpc) is 3.26. The van der Waals surface area contributed by atoms with Crippen LogP contribution in [0.2, 0.25) is 0 Å². The first-order valence-corrected chi connectivity index (χ1v) is 8.59. The van der Waals surface area contributed by atoms with Crippen LogP contribution in [0.3, 0.4) is 0 Å². The number of aliphatic imine (C=N–C) groups is 1. The van der Waals surface area contributed by atoms with Gasteiger partial charge < -0.3 is 14.8 Å². The first-order valence-electron chi connectivity index (χ1n) is 8.59. The number of nitrogens with one attached hydrogen (secondary N) is 1. The molecule has 1 aromatic rings. The molecule has 2 fully saturated rings. The average molecular weight is 304 g/mol. The summed E-state index contributed by atoms with van der Waals surface area (Å²) in [6.07, 6.45) is 9.69. The zero-order valence-corrected chi connectivity index (χ0v) is 13.9. The Morgan fingerprint density at radius 3 is 2.91 bits per heavy atom. The summed E-state index contributed by atoms with van der Waals surface area (Å²) in [5, 5.41) is 11.6. The zero-order valence-electron chi connectivity index (χ0n) is 13.9. The molecule has 0 amide bonds. The van der Waals surface area contributed by atoms with Crippen molar-refractivity contribution in [1.29, 1.82) is 0 Å². The lowest BCUT2D eigenvalue weighted by Gasteiger charge is -2.26. The molecule has 3 rings (SSSR count). The molecular formula is C16H28N6. The highest BCUT2D eigenvalue weighted by molar-refractivity contribution is 5.80. The van der Waals surface area contributed by atoms with E-state index in [4.69, 9.17) is 0 Å². The van der Waals surface area contributed by atoms with Crippen molar-refractivity contribution >= 4 is 5.96 Å². The summed E-state index contributed by atoms with van der Waals surface area (Å²) < 4.78 is 2.11. The minimum absolute atomic E-state index is 0.585. The molecule has 2 heterocycles. The Bertz CT molecular complexity index is 514. The predicted molar refractivity (Wildman–Crippen MR) is 87.9 cm³/mol. The molecule has 1 N–H and O–H groups in total. The smallest absolute Gasteiger partial charge is 0.193 e. The van der Waals surface area contributed by atoms with Gasteiger partial charge >= 0.3 is 0 Å². The number of likely N-dealkylation sites (tertiary alicyclic amines) is 1. The van der Waals surface area contributed by atoms with Crippen LogP contribution in [0.15, 0.2) is 11.3 Å². The second-order valence-corrected chi connectivity index (χ2v) is 6.65. The highest BCUT2D eigenvalue weighted by Gasteiger charge is 2.40. The summed E-state index contributed by atoms with van der Waals surface area (Å²) >= 11 is 0. The van der Waals surface area contributed by atoms with E-state index in [1.165, 1.54) is 38.6 Å². The summed E-state index contributed by atoms with van der Waals surface area (Å²) in [7, 11) is 1.89. The number of guanidine groups is 1. The van der Waals surface area contributed by atoms with Crippen molar-refractivity contribution in [3.8, 4) is 0 Å². The number of rotatable bonds is 4. The molecular weight excluding hydrogens is 276 g/mol. The largest absolute Gasteiger partial charge is 0.354 e. The fourth-order valence-electron chi connectivity index (χ4n) is 4.01. The quantitative estimate of drug-likeness (QED) is 0.679. The molecule has 0 bridgehead atoms. The third-order valence-corrected chi connectivity index (χ3v) is 5.26. The predicted octanol–water partition coefficient (Wildman–Crippen LogP) is 1.68. The van der Waals surface area contributed by atoms with E-state index in [-0.39, 0.29) is 0 Å². The van der Waals surface area contributed by atoms with Crippen LogP contribution in [0.4, 0.5) is 0 Å². The van der Waals surface area contributed by atoms with Crippen LogP contribution in [-0.2, 0) is 13.0 Å². The summed E-state index contributed by atoms with van der Waals surface area (Å²) in [6, 6.07) is 0. The standard InChI is InChI=1S/C16H28N6/c1-3-14-20-19-13-22(14)11-9-18-15(17-2)21-10-8-16(12-21)6-4-5-7-16/h13H,3-12H2,1-2H3,(H,17,18). The molecule has 0 unspecified atom stereocenters. The topological polar surface area (TPSA) is 58.3 Å². The summed E-state index contributed by atoms with van der Waals surface area (Å²) in [4.78, 5) is 6.92. The van der Waals surface area contributed by atoms with Gasteiger partial charge in [0, 0.05) is 39.6 Å². The minimum atomic E-state index is 0.585. The highest BCUT2D eigenvalue weighted by atomic mass is 15.3. The van der Waals surface area contributed by atoms with Crippen LogP contribution < -0.4 is 5.32 Å². The van der Waals surface area contributed by atoms with E-state index < -0.39 is 0 Å². The van der Waals surface area contributed by atoms with E-state index in [1.807, 2.05) is 13.4 Å². The van der Waals surface area contributed by atoms with E-state index in [9.17, 15) is 0 Å². The maximum atomic E-state index is 4.48. The fourth-order valence-corrected chi connectivity index (χ4v) is 4.01. The molecule has 6 heteroatoms. The van der Waals surface area contributed by atoms with E-state index >= 15 is 0 Å². The van der Waals surface area contributed by atoms with E-state index in [2.05, 4.69) is 36.9 Å². The van der Waals surface area contributed by atoms with E-state index in [0.717, 1.165) is 37.8 Å². The van der Waals surface area contributed by atoms with Gasteiger partial charge in [-0.1, -0.05) is 19.8 Å². The van der Waals surface area contributed by atoms with Crippen LogP contribution in [0.1, 0.15) is 44.9 Å². The van der Waals surface area contributed by atoms with Crippen molar-refractivity contribution in [3.05, 3.63) is 12.2 Å². The number of hydrogen-bond donors (Lipinski definition) is 1. The van der Waals surface area contributed by atoms with Crippen molar-refractivity contribution in [1.82, 2.24) is 25.0 Å². The molecule has 1 spiro atoms. The van der Waals surface area contributed by atoms with Crippen LogP contribution in [0.25, 0.3) is 0 Å². The van der Waals surface area contributed by atoms with Gasteiger partial charge in [-0.3, -0.25) is 4.99 Å². The van der Waals surface area contributed by atoms with Crippen LogP contribution in [-0.4, -0.2) is 52.3 Å². The van der Waals surface area contributed by atoms with Crippen molar-refractivity contribution in [3.63, 3.8) is 0 Å². The third-order valence-electron chi connectivity index (χ3n) is 5.26. The Hall–Kier alpha value is -1.59. The molecule has 1 saturated carbocycles. The Kier molecular flexibility index (Phi) is 4.64. The Morgan fingerprint density at radius 1 is 1.36 bits per heavy atom. The van der Waals surface area contributed by atoms with Crippen molar-refractivity contribution in [2.24, 2.45) is 10.4 Å². The summed E-state index contributed by atoms with van der Waals surface area (Å²) in [5.74, 6) is 2.10. The monoisotopic (exact) mass is 304 g/mol. The molecule has 0 atom stereocenters. The molecule has 0 aromatic carbocycles. The lowest BCUT2D eigenvalue weighted by Crippen LogP contribution is -2.42. The lowest BCUT2D eigenvalue weighted by molar-refractivity contribution is 0.309. The van der Waals surface area contributed by atoms with Gasteiger partial charge in [-0.15, -0.1) is 10.2 Å². The van der Waals surface area contributed by atoms with Gasteiger partial charge in [0.25, 0.3) is 0 Å². The van der Waals surface area contributed by atoms with Crippen LogP contribution in [0.5, 0.6) is 0 Å². The van der Waals surface area contributed by atoms with Crippen molar-refractivity contribution < 1.29 is 0 Å². The molecule has 22 heavy (non-hydrogen) atoms. The fraction of sp³-hybridized carbons (Fsp3) is 0.812.